The van der Waals surface area contributed by atoms with Crippen LogP contribution >= 0.6 is 11.5 Å². The second kappa shape index (κ2) is 9.10. The van der Waals surface area contributed by atoms with E-state index >= 15 is 0 Å². The van der Waals surface area contributed by atoms with Gasteiger partial charge in [-0.1, -0.05) is 42.0 Å². The van der Waals surface area contributed by atoms with E-state index in [0.717, 1.165) is 17.9 Å². The van der Waals surface area contributed by atoms with E-state index in [4.69, 9.17) is 0 Å². The number of halogens is 2. The van der Waals surface area contributed by atoms with E-state index in [2.05, 4.69) is 45.4 Å². The molecule has 1 aromatic heterocycles. The van der Waals surface area contributed by atoms with Gasteiger partial charge in [-0.15, -0.1) is 0 Å². The van der Waals surface area contributed by atoms with Crippen LogP contribution < -0.4 is 4.90 Å². The summed E-state index contributed by atoms with van der Waals surface area (Å²) in [7, 11) is -1.47. The van der Waals surface area contributed by atoms with Crippen LogP contribution in [0.15, 0.2) is 53.4 Å². The summed E-state index contributed by atoms with van der Waals surface area (Å²) in [6, 6.07) is 14.2. The fourth-order valence-electron chi connectivity index (χ4n) is 3.41. The summed E-state index contributed by atoms with van der Waals surface area (Å²) in [4.78, 5) is 7.22. The first-order valence-corrected chi connectivity index (χ1v) is 12.0. The van der Waals surface area contributed by atoms with Crippen molar-refractivity contribution >= 4 is 27.6 Å². The Hall–Kier alpha value is -2.23. The summed E-state index contributed by atoms with van der Waals surface area (Å²) in [5, 5.41) is 0.861. The third-order valence-corrected chi connectivity index (χ3v) is 7.53. The van der Waals surface area contributed by atoms with Gasteiger partial charge < -0.3 is 4.90 Å². The van der Waals surface area contributed by atoms with Gasteiger partial charge in [-0.25, -0.2) is 22.3 Å². The molecule has 0 bridgehead atoms. The predicted octanol–water partition coefficient (Wildman–Crippen LogP) is 4.39. The summed E-state index contributed by atoms with van der Waals surface area (Å²) in [5.74, 6) is -2.15. The number of hydrogen-bond donors (Lipinski definition) is 0. The average Bonchev–Trinajstić information content (AvgIpc) is 3.23. The summed E-state index contributed by atoms with van der Waals surface area (Å²) in [5.41, 5.74) is 2.28. The van der Waals surface area contributed by atoms with E-state index in [0.29, 0.717) is 37.5 Å². The number of alkyl halides is 2. The molecule has 0 amide bonds. The summed E-state index contributed by atoms with van der Waals surface area (Å²) in [6.45, 7) is 5.36. The monoisotopic (exact) mass is 462 g/mol. The van der Waals surface area contributed by atoms with Crippen molar-refractivity contribution in [3.8, 4) is 0 Å². The Labute approximate surface area is 187 Å². The summed E-state index contributed by atoms with van der Waals surface area (Å²) in [6.07, 6.45) is 0.694. The number of rotatable bonds is 6. The molecule has 9 heteroatoms. The molecular weight excluding hydrogens is 438 g/mol. The van der Waals surface area contributed by atoms with Crippen LogP contribution in [-0.2, 0) is 23.3 Å². The molecular formula is C22H24F2N4OS2. The highest BCUT2D eigenvalue weighted by Gasteiger charge is 2.27. The first-order valence-electron chi connectivity index (χ1n) is 10.1. The number of hydrogen-bond acceptors (Lipinski definition) is 5. The molecule has 1 atom stereocenters. The number of aromatic nitrogens is 2. The molecule has 4 rings (SSSR count). The fourth-order valence-corrected chi connectivity index (χ4v) is 5.36. The van der Waals surface area contributed by atoms with Crippen molar-refractivity contribution in [2.24, 2.45) is 0 Å². The highest BCUT2D eigenvalue weighted by atomic mass is 32.2. The molecule has 0 radical (unpaired) electrons. The normalized spacial score (nSPS) is 16.5. The summed E-state index contributed by atoms with van der Waals surface area (Å²) >= 11 is 1.38. The van der Waals surface area contributed by atoms with Gasteiger partial charge in [0.2, 0.25) is 5.13 Å². The fraction of sp³-hybridized carbons (Fsp3) is 0.364. The zero-order chi connectivity index (χ0) is 22.0. The average molecular weight is 463 g/mol. The van der Waals surface area contributed by atoms with Gasteiger partial charge in [-0.05, 0) is 24.6 Å². The minimum absolute atomic E-state index is 0.119. The number of piperazine rings is 1. The zero-order valence-electron chi connectivity index (χ0n) is 17.4. The molecule has 1 aliphatic rings. The topological polar surface area (TPSA) is 49.3 Å². The van der Waals surface area contributed by atoms with E-state index in [-0.39, 0.29) is 5.56 Å². The van der Waals surface area contributed by atoms with Gasteiger partial charge >= 0.3 is 0 Å². The van der Waals surface area contributed by atoms with Crippen molar-refractivity contribution < 1.29 is 13.0 Å². The lowest BCUT2D eigenvalue weighted by Gasteiger charge is -2.33. The molecule has 0 N–H and O–H groups in total. The van der Waals surface area contributed by atoms with Gasteiger partial charge in [-0.2, -0.15) is 4.37 Å². The second-order valence-corrected chi connectivity index (χ2v) is 9.95. The smallest absolute Gasteiger partial charge is 0.270 e. The molecule has 31 heavy (non-hydrogen) atoms. The van der Waals surface area contributed by atoms with Crippen molar-refractivity contribution in [2.75, 3.05) is 31.1 Å². The van der Waals surface area contributed by atoms with Gasteiger partial charge in [0.1, 0.15) is 16.8 Å². The first-order chi connectivity index (χ1) is 14.8. The molecule has 1 aliphatic heterocycles. The Morgan fingerprint density at radius 1 is 1.10 bits per heavy atom. The Balaban J connectivity index is 1.36. The minimum atomic E-state index is -2.95. The minimum Gasteiger partial charge on any atom is -0.344 e. The molecule has 0 spiro atoms. The SMILES string of the molecule is Cc1ccc(Cc2nsc(N3CCN(S(=O)c4cccc(C(C)(F)F)c4)CC3)n2)cc1. The van der Waals surface area contributed by atoms with Gasteiger partial charge in [0.25, 0.3) is 5.92 Å². The Morgan fingerprint density at radius 3 is 2.48 bits per heavy atom. The third-order valence-electron chi connectivity index (χ3n) is 5.23. The molecule has 2 heterocycles. The van der Waals surface area contributed by atoms with Crippen molar-refractivity contribution in [3.05, 3.63) is 71.0 Å². The first kappa shape index (κ1) is 22.0. The van der Waals surface area contributed by atoms with Crippen molar-refractivity contribution in [3.63, 3.8) is 0 Å². The number of nitrogens with zero attached hydrogens (tertiary/aromatic N) is 4. The maximum atomic E-state index is 13.6. The highest BCUT2D eigenvalue weighted by Crippen LogP contribution is 2.29. The molecule has 0 saturated carbocycles. The Kier molecular flexibility index (Phi) is 6.45. The van der Waals surface area contributed by atoms with Gasteiger partial charge in [0, 0.05) is 56.6 Å². The molecule has 3 aromatic rings. The van der Waals surface area contributed by atoms with Crippen molar-refractivity contribution in [1.82, 2.24) is 13.7 Å². The van der Waals surface area contributed by atoms with Gasteiger partial charge in [0.15, 0.2) is 0 Å². The molecule has 1 unspecified atom stereocenters. The van der Waals surface area contributed by atoms with E-state index < -0.39 is 16.9 Å². The van der Waals surface area contributed by atoms with Crippen LogP contribution in [0.3, 0.4) is 0 Å². The van der Waals surface area contributed by atoms with E-state index in [9.17, 15) is 13.0 Å². The quantitative estimate of drug-likeness (QED) is 0.545. The predicted molar refractivity (Wildman–Crippen MR) is 120 cm³/mol. The lowest BCUT2D eigenvalue weighted by atomic mass is 10.1. The number of aryl methyl sites for hydroxylation is 1. The standard InChI is InChI=1S/C22H24F2N4OS2/c1-16-6-8-17(9-7-16)14-20-25-21(30-26-20)27-10-12-28(13-11-27)31(29)19-5-3-4-18(15-19)22(2,23)24/h3-9,15H,10-14H2,1-2H3. The van der Waals surface area contributed by atoms with Crippen LogP contribution in [0.4, 0.5) is 13.9 Å². The van der Waals surface area contributed by atoms with Crippen LogP contribution in [0.1, 0.15) is 29.4 Å². The highest BCUT2D eigenvalue weighted by molar-refractivity contribution is 7.82. The Bertz CT molecular complexity index is 1060. The van der Waals surface area contributed by atoms with Crippen LogP contribution in [-0.4, -0.2) is 44.1 Å². The van der Waals surface area contributed by atoms with E-state index in [1.54, 1.807) is 6.07 Å². The maximum absolute atomic E-state index is 13.6. The molecule has 0 aliphatic carbocycles. The zero-order valence-corrected chi connectivity index (χ0v) is 19.1. The van der Waals surface area contributed by atoms with Crippen molar-refractivity contribution in [1.29, 1.82) is 0 Å². The molecule has 2 aromatic carbocycles. The molecule has 1 fully saturated rings. The lowest BCUT2D eigenvalue weighted by molar-refractivity contribution is 0.0172. The van der Waals surface area contributed by atoms with Gasteiger partial charge in [0.05, 0.1) is 4.90 Å². The van der Waals surface area contributed by atoms with E-state index in [1.165, 1.54) is 40.9 Å². The summed E-state index contributed by atoms with van der Waals surface area (Å²) < 4.78 is 46.4. The van der Waals surface area contributed by atoms with Crippen LogP contribution in [0.5, 0.6) is 0 Å². The number of anilines is 1. The molecule has 5 nitrogen and oxygen atoms in total. The molecule has 1 saturated heterocycles. The molecule has 164 valence electrons. The van der Waals surface area contributed by atoms with Crippen molar-refractivity contribution in [2.45, 2.75) is 31.1 Å². The number of benzene rings is 2. The largest absolute Gasteiger partial charge is 0.344 e. The second-order valence-electron chi connectivity index (χ2n) is 7.74. The van der Waals surface area contributed by atoms with Crippen LogP contribution in [0.25, 0.3) is 0 Å². The van der Waals surface area contributed by atoms with Crippen LogP contribution in [0, 0.1) is 6.92 Å². The Morgan fingerprint density at radius 2 is 1.81 bits per heavy atom. The van der Waals surface area contributed by atoms with E-state index in [1.807, 2.05) is 4.31 Å². The van der Waals surface area contributed by atoms with Gasteiger partial charge in [-0.3, -0.25) is 0 Å². The van der Waals surface area contributed by atoms with Crippen LogP contribution in [0.2, 0.25) is 0 Å². The lowest BCUT2D eigenvalue weighted by Crippen LogP contribution is -2.47. The maximum Gasteiger partial charge on any atom is 0.270 e. The third kappa shape index (κ3) is 5.34.